The summed E-state index contributed by atoms with van der Waals surface area (Å²) in [5, 5.41) is 0. The fourth-order valence-corrected chi connectivity index (χ4v) is 3.42. The molecule has 0 saturated carbocycles. The Labute approximate surface area is 144 Å². The van der Waals surface area contributed by atoms with Gasteiger partial charge < -0.3 is 14.0 Å². The summed E-state index contributed by atoms with van der Waals surface area (Å²) in [5.41, 5.74) is -0.0688. The van der Waals surface area contributed by atoms with E-state index < -0.39 is 28.3 Å². The number of rotatable bonds is 6. The molecule has 0 radical (unpaired) electrons. The third kappa shape index (κ3) is 3.84. The second kappa shape index (κ2) is 6.53. The molecule has 1 N–H and O–H groups in total. The van der Waals surface area contributed by atoms with Crippen molar-refractivity contribution in [3.8, 4) is 5.88 Å². The Kier molecular flexibility index (Phi) is 5.18. The summed E-state index contributed by atoms with van der Waals surface area (Å²) in [4.78, 5) is 4.17. The summed E-state index contributed by atoms with van der Waals surface area (Å²) >= 11 is 0. The van der Waals surface area contributed by atoms with Gasteiger partial charge >= 0.3 is 7.12 Å². The number of aromatic nitrogens is 1. The van der Waals surface area contributed by atoms with E-state index >= 15 is 0 Å². The molecule has 9 heteroatoms. The summed E-state index contributed by atoms with van der Waals surface area (Å²) in [6, 6.07) is 1.64. The minimum atomic E-state index is -3.45. The van der Waals surface area contributed by atoms with Gasteiger partial charge in [-0.05, 0) is 40.2 Å². The Morgan fingerprint density at radius 1 is 1.25 bits per heavy atom. The molecule has 7 nitrogen and oxygen atoms in total. The van der Waals surface area contributed by atoms with E-state index in [4.69, 9.17) is 14.0 Å². The Morgan fingerprint density at radius 2 is 1.83 bits per heavy atom. The molecule has 1 aromatic rings. The molecule has 1 aliphatic heterocycles. The van der Waals surface area contributed by atoms with E-state index in [0.717, 1.165) is 0 Å². The first-order valence-electron chi connectivity index (χ1n) is 7.91. The van der Waals surface area contributed by atoms with Gasteiger partial charge in [-0.1, -0.05) is 6.92 Å². The molecule has 0 spiro atoms. The van der Waals surface area contributed by atoms with E-state index in [1.165, 1.54) is 7.11 Å². The van der Waals surface area contributed by atoms with Crippen molar-refractivity contribution in [2.75, 3.05) is 17.6 Å². The predicted octanol–water partition coefficient (Wildman–Crippen LogP) is 1.54. The minimum absolute atomic E-state index is 0.0247. The zero-order chi connectivity index (χ0) is 18.2. The normalized spacial score (nSPS) is 19.3. The monoisotopic (exact) mass is 356 g/mol. The largest absolute Gasteiger partial charge is 0.496 e. The lowest BCUT2D eigenvalue weighted by molar-refractivity contribution is 0.00578. The summed E-state index contributed by atoms with van der Waals surface area (Å²) in [6.45, 7) is 9.61. The van der Waals surface area contributed by atoms with Crippen LogP contribution in [0.25, 0.3) is 0 Å². The highest BCUT2D eigenvalue weighted by Crippen LogP contribution is 2.36. The minimum Gasteiger partial charge on any atom is -0.480 e. The Hall–Kier alpha value is -1.32. The molecule has 1 aliphatic rings. The first-order valence-corrected chi connectivity index (χ1v) is 9.56. The Balaban J connectivity index is 2.33. The van der Waals surface area contributed by atoms with Crippen LogP contribution in [0, 0.1) is 0 Å². The molecule has 0 aromatic carbocycles. The van der Waals surface area contributed by atoms with E-state index in [1.54, 1.807) is 19.2 Å². The van der Waals surface area contributed by atoms with Gasteiger partial charge in [-0.15, -0.1) is 0 Å². The number of pyridine rings is 1. The van der Waals surface area contributed by atoms with Crippen LogP contribution >= 0.6 is 0 Å². The number of methoxy groups -OCH3 is 1. The van der Waals surface area contributed by atoms with E-state index in [-0.39, 0.29) is 17.3 Å². The zero-order valence-corrected chi connectivity index (χ0v) is 15.9. The van der Waals surface area contributed by atoms with Crippen LogP contribution in [-0.4, -0.2) is 44.6 Å². The van der Waals surface area contributed by atoms with Gasteiger partial charge in [0.25, 0.3) is 0 Å². The molecule has 0 unspecified atom stereocenters. The highest BCUT2D eigenvalue weighted by atomic mass is 32.2. The van der Waals surface area contributed by atoms with Crippen molar-refractivity contribution in [1.29, 1.82) is 0 Å². The summed E-state index contributed by atoms with van der Waals surface area (Å²) in [7, 11) is -2.64. The van der Waals surface area contributed by atoms with Crippen LogP contribution in [0.5, 0.6) is 5.88 Å². The zero-order valence-electron chi connectivity index (χ0n) is 15.0. The quantitative estimate of drug-likeness (QED) is 0.778. The van der Waals surface area contributed by atoms with Gasteiger partial charge in [-0.25, -0.2) is 13.4 Å². The van der Waals surface area contributed by atoms with Crippen LogP contribution in [0.15, 0.2) is 12.3 Å². The fraction of sp³-hybridized carbons (Fsp3) is 0.667. The van der Waals surface area contributed by atoms with Crippen LogP contribution in [-0.2, 0) is 19.3 Å². The molecule has 1 saturated heterocycles. The van der Waals surface area contributed by atoms with Crippen molar-refractivity contribution in [1.82, 2.24) is 4.98 Å². The molecule has 2 rings (SSSR count). The third-order valence-corrected chi connectivity index (χ3v) is 5.81. The Morgan fingerprint density at radius 3 is 2.33 bits per heavy atom. The second-order valence-electron chi connectivity index (χ2n) is 6.83. The van der Waals surface area contributed by atoms with E-state index in [1.807, 2.05) is 27.7 Å². The summed E-state index contributed by atoms with van der Waals surface area (Å²) in [6.07, 6.45) is 2.08. The standard InChI is InChI=1S/C15H25BN2O5S/c1-7-8-24(19,20)18-12-9-11(10-17-13(12)21-6)16-22-14(2,3)15(4,5)23-16/h9-10,18H,7-8H2,1-6H3. The lowest BCUT2D eigenvalue weighted by atomic mass is 9.80. The summed E-state index contributed by atoms with van der Waals surface area (Å²) < 4.78 is 43.7. The number of hydrogen-bond acceptors (Lipinski definition) is 6. The highest BCUT2D eigenvalue weighted by molar-refractivity contribution is 7.92. The predicted molar refractivity (Wildman–Crippen MR) is 94.2 cm³/mol. The molecule has 0 bridgehead atoms. The maximum atomic E-state index is 12.0. The van der Waals surface area contributed by atoms with Gasteiger partial charge in [0.1, 0.15) is 5.69 Å². The molecule has 2 heterocycles. The first kappa shape index (κ1) is 19.0. The lowest BCUT2D eigenvalue weighted by Crippen LogP contribution is -2.41. The average Bonchev–Trinajstić information content (AvgIpc) is 2.67. The first-order chi connectivity index (χ1) is 11.0. The average molecular weight is 356 g/mol. The topological polar surface area (TPSA) is 86.8 Å². The third-order valence-electron chi connectivity index (χ3n) is 4.33. The summed E-state index contributed by atoms with van der Waals surface area (Å²) in [5.74, 6) is 0.228. The van der Waals surface area contributed by atoms with Gasteiger partial charge in [-0.3, -0.25) is 4.72 Å². The lowest BCUT2D eigenvalue weighted by Gasteiger charge is -2.32. The molecule has 24 heavy (non-hydrogen) atoms. The number of sulfonamides is 1. The van der Waals surface area contributed by atoms with Crippen LogP contribution in [0.1, 0.15) is 41.0 Å². The van der Waals surface area contributed by atoms with Crippen LogP contribution in [0.2, 0.25) is 0 Å². The van der Waals surface area contributed by atoms with Crippen molar-refractivity contribution in [2.24, 2.45) is 0 Å². The van der Waals surface area contributed by atoms with Crippen molar-refractivity contribution >= 4 is 28.3 Å². The fourth-order valence-electron chi connectivity index (χ4n) is 2.30. The molecule has 0 aliphatic carbocycles. The van der Waals surface area contributed by atoms with Crippen molar-refractivity contribution < 1.29 is 22.5 Å². The molecule has 1 fully saturated rings. The van der Waals surface area contributed by atoms with E-state index in [2.05, 4.69) is 9.71 Å². The number of anilines is 1. The smallest absolute Gasteiger partial charge is 0.480 e. The van der Waals surface area contributed by atoms with Crippen LogP contribution < -0.4 is 14.9 Å². The molecule has 134 valence electrons. The molecular formula is C15H25BN2O5S. The number of ether oxygens (including phenoxy) is 1. The van der Waals surface area contributed by atoms with Crippen LogP contribution in [0.4, 0.5) is 5.69 Å². The molecule has 1 aromatic heterocycles. The SMILES string of the molecule is CCCS(=O)(=O)Nc1cc(B2OC(C)(C)C(C)(C)O2)cnc1OC. The Bertz CT molecular complexity index is 690. The number of hydrogen-bond donors (Lipinski definition) is 1. The highest BCUT2D eigenvalue weighted by Gasteiger charge is 2.52. The molecule has 0 atom stereocenters. The van der Waals surface area contributed by atoms with Crippen molar-refractivity contribution in [3.63, 3.8) is 0 Å². The van der Waals surface area contributed by atoms with Gasteiger partial charge in [0.05, 0.1) is 24.1 Å². The van der Waals surface area contributed by atoms with E-state index in [0.29, 0.717) is 11.9 Å². The van der Waals surface area contributed by atoms with Gasteiger partial charge in [0.2, 0.25) is 15.9 Å². The van der Waals surface area contributed by atoms with Gasteiger partial charge in [0, 0.05) is 11.7 Å². The van der Waals surface area contributed by atoms with E-state index in [9.17, 15) is 8.42 Å². The maximum Gasteiger partial charge on any atom is 0.496 e. The molecular weight excluding hydrogens is 331 g/mol. The van der Waals surface area contributed by atoms with Crippen LogP contribution in [0.3, 0.4) is 0 Å². The van der Waals surface area contributed by atoms with Gasteiger partial charge in [0.15, 0.2) is 0 Å². The van der Waals surface area contributed by atoms with Crippen molar-refractivity contribution in [3.05, 3.63) is 12.3 Å². The molecule has 0 amide bonds. The maximum absolute atomic E-state index is 12.0. The number of nitrogens with zero attached hydrogens (tertiary/aromatic N) is 1. The van der Waals surface area contributed by atoms with Crippen molar-refractivity contribution in [2.45, 2.75) is 52.2 Å². The van der Waals surface area contributed by atoms with Gasteiger partial charge in [-0.2, -0.15) is 0 Å². The second-order valence-corrected chi connectivity index (χ2v) is 8.68. The number of nitrogens with one attached hydrogen (secondary N) is 1.